The zero-order valence-corrected chi connectivity index (χ0v) is 25.7. The zero-order chi connectivity index (χ0) is 28.3. The number of phosphoric ester groups is 1. The fraction of sp³-hybridized carbons (Fsp3) is 0.800. The molecule has 0 saturated heterocycles. The Bertz CT molecular complexity index is 565. The van der Waals surface area contributed by atoms with Crippen molar-refractivity contribution in [3.8, 4) is 0 Å². The van der Waals surface area contributed by atoms with Gasteiger partial charge in [0.1, 0.15) is 0 Å². The topological polar surface area (TPSA) is 72.5 Å². The van der Waals surface area contributed by atoms with Crippen LogP contribution in [0, 0.1) is 0 Å². The van der Waals surface area contributed by atoms with E-state index in [1.54, 1.807) is 0 Å². The van der Waals surface area contributed by atoms with Gasteiger partial charge in [-0.15, -0.1) is 0 Å². The zero-order valence-electron chi connectivity index (χ0n) is 24.8. The van der Waals surface area contributed by atoms with E-state index in [1.165, 1.54) is 0 Å². The molecule has 0 spiro atoms. The number of phosphoric acid groups is 1. The summed E-state index contributed by atoms with van der Waals surface area (Å²) in [5.74, 6) is 0. The standard InChI is InChI=1S/C30H57O7P/c1-28(2)25-32-19-13-7-10-16-22-35-38(31,36-23-17-11-8-14-20-33-26-29(3)4)37-24-18-12-9-15-21-34-27-30(5)6/h1,3,5,7-27H2,2,4,6H3. The number of hydrogen-bond donors (Lipinski definition) is 0. The van der Waals surface area contributed by atoms with Gasteiger partial charge in [-0.2, -0.15) is 0 Å². The van der Waals surface area contributed by atoms with Gasteiger partial charge in [-0.1, -0.05) is 75.0 Å². The van der Waals surface area contributed by atoms with E-state index in [-0.39, 0.29) is 0 Å². The molecule has 0 radical (unpaired) electrons. The maximum atomic E-state index is 13.2. The van der Waals surface area contributed by atoms with Crippen molar-refractivity contribution in [2.24, 2.45) is 0 Å². The first-order valence-electron chi connectivity index (χ1n) is 14.4. The van der Waals surface area contributed by atoms with Crippen molar-refractivity contribution in [3.63, 3.8) is 0 Å². The molecule has 0 aromatic carbocycles. The molecule has 0 unspecified atom stereocenters. The van der Waals surface area contributed by atoms with E-state index in [0.29, 0.717) is 39.6 Å². The van der Waals surface area contributed by atoms with E-state index < -0.39 is 7.82 Å². The predicted molar refractivity (Wildman–Crippen MR) is 158 cm³/mol. The van der Waals surface area contributed by atoms with E-state index in [9.17, 15) is 4.57 Å². The second-order valence-electron chi connectivity index (χ2n) is 10.2. The van der Waals surface area contributed by atoms with Crippen LogP contribution in [-0.2, 0) is 32.3 Å². The number of ether oxygens (including phenoxy) is 3. The molecule has 0 heterocycles. The van der Waals surface area contributed by atoms with E-state index in [1.807, 2.05) is 20.8 Å². The van der Waals surface area contributed by atoms with Crippen molar-refractivity contribution in [3.05, 3.63) is 36.5 Å². The van der Waals surface area contributed by atoms with E-state index in [2.05, 4.69) is 19.7 Å². The van der Waals surface area contributed by atoms with E-state index in [0.717, 1.165) is 114 Å². The third-order valence-electron chi connectivity index (χ3n) is 5.34. The number of rotatable bonds is 30. The Kier molecular flexibility index (Phi) is 25.9. The van der Waals surface area contributed by atoms with Crippen molar-refractivity contribution >= 4 is 7.82 Å². The minimum absolute atomic E-state index is 0.365. The largest absolute Gasteiger partial charge is 0.474 e. The van der Waals surface area contributed by atoms with Crippen molar-refractivity contribution in [2.75, 3.05) is 59.5 Å². The molecule has 0 saturated carbocycles. The third kappa shape index (κ3) is 28.2. The normalized spacial score (nSPS) is 11.7. The Labute approximate surface area is 233 Å². The Balaban J connectivity index is 4.15. The number of unbranched alkanes of at least 4 members (excludes halogenated alkanes) is 9. The lowest BCUT2D eigenvalue weighted by molar-refractivity contribution is 0.107. The third-order valence-corrected chi connectivity index (χ3v) is 6.84. The lowest BCUT2D eigenvalue weighted by Crippen LogP contribution is -2.05. The van der Waals surface area contributed by atoms with Crippen LogP contribution in [-0.4, -0.2) is 59.5 Å². The molecule has 0 amide bonds. The Morgan fingerprint density at radius 3 is 0.921 bits per heavy atom. The van der Waals surface area contributed by atoms with Crippen molar-refractivity contribution in [1.29, 1.82) is 0 Å². The average molecular weight is 561 g/mol. The molecule has 0 aliphatic heterocycles. The van der Waals surface area contributed by atoms with Crippen LogP contribution in [0.2, 0.25) is 0 Å². The van der Waals surface area contributed by atoms with Crippen LogP contribution in [0.4, 0.5) is 0 Å². The van der Waals surface area contributed by atoms with Gasteiger partial charge >= 0.3 is 7.82 Å². The summed E-state index contributed by atoms with van der Waals surface area (Å²) < 4.78 is 46.7. The Morgan fingerprint density at radius 2 is 0.684 bits per heavy atom. The summed E-state index contributed by atoms with van der Waals surface area (Å²) in [5.41, 5.74) is 3.11. The molecule has 0 aliphatic carbocycles. The van der Waals surface area contributed by atoms with Crippen LogP contribution < -0.4 is 0 Å². The molecular formula is C30H57O7P. The highest BCUT2D eigenvalue weighted by Crippen LogP contribution is 2.50. The summed E-state index contributed by atoms with van der Waals surface area (Å²) in [5, 5.41) is 0. The van der Waals surface area contributed by atoms with E-state index in [4.69, 9.17) is 27.8 Å². The Hall–Kier alpha value is -0.790. The maximum absolute atomic E-state index is 13.2. The molecule has 0 aromatic heterocycles. The SMILES string of the molecule is C=C(C)COCCCCCCOP(=O)(OCCCCCCOCC(=C)C)OCCCCCCOCC(=C)C. The first kappa shape index (κ1) is 37.2. The van der Waals surface area contributed by atoms with Gasteiger partial charge in [-0.25, -0.2) is 4.57 Å². The molecule has 0 N–H and O–H groups in total. The van der Waals surface area contributed by atoms with Crippen molar-refractivity contribution in [1.82, 2.24) is 0 Å². The monoisotopic (exact) mass is 560 g/mol. The van der Waals surface area contributed by atoms with Gasteiger partial charge in [-0.3, -0.25) is 13.6 Å². The Morgan fingerprint density at radius 1 is 0.447 bits per heavy atom. The first-order valence-corrected chi connectivity index (χ1v) is 15.9. The van der Waals surface area contributed by atoms with Crippen LogP contribution in [0.15, 0.2) is 36.5 Å². The molecule has 0 aliphatic rings. The summed E-state index contributed by atoms with van der Waals surface area (Å²) in [6.07, 6.45) is 11.5. The van der Waals surface area contributed by atoms with Gasteiger partial charge in [-0.05, 0) is 59.3 Å². The molecule has 0 rings (SSSR count). The molecule has 0 atom stereocenters. The summed E-state index contributed by atoms with van der Waals surface area (Å²) in [4.78, 5) is 0. The predicted octanol–water partition coefficient (Wildman–Crippen LogP) is 8.60. The molecular weight excluding hydrogens is 503 g/mol. The second kappa shape index (κ2) is 26.4. The van der Waals surface area contributed by atoms with Gasteiger partial charge < -0.3 is 14.2 Å². The number of hydrogen-bond acceptors (Lipinski definition) is 7. The van der Waals surface area contributed by atoms with Gasteiger partial charge in [0, 0.05) is 19.8 Å². The van der Waals surface area contributed by atoms with Gasteiger partial charge in [0.25, 0.3) is 0 Å². The second-order valence-corrected chi connectivity index (χ2v) is 11.9. The molecule has 0 aromatic rings. The summed E-state index contributed by atoms with van der Waals surface area (Å²) in [6, 6.07) is 0. The van der Waals surface area contributed by atoms with Crippen LogP contribution in [0.1, 0.15) is 97.8 Å². The fourth-order valence-electron chi connectivity index (χ4n) is 3.36. The van der Waals surface area contributed by atoms with Gasteiger partial charge in [0.05, 0.1) is 39.6 Å². The smallest absolute Gasteiger partial charge is 0.377 e. The first-order chi connectivity index (χ1) is 18.2. The minimum Gasteiger partial charge on any atom is -0.377 e. The highest BCUT2D eigenvalue weighted by Gasteiger charge is 2.26. The highest BCUT2D eigenvalue weighted by molar-refractivity contribution is 7.48. The lowest BCUT2D eigenvalue weighted by atomic mass is 10.2. The summed E-state index contributed by atoms with van der Waals surface area (Å²) in [7, 11) is -3.55. The summed E-state index contributed by atoms with van der Waals surface area (Å²) >= 11 is 0. The summed E-state index contributed by atoms with van der Waals surface area (Å²) in [6.45, 7) is 22.5. The van der Waals surface area contributed by atoms with Crippen LogP contribution in [0.3, 0.4) is 0 Å². The van der Waals surface area contributed by atoms with Crippen LogP contribution in [0.5, 0.6) is 0 Å². The maximum Gasteiger partial charge on any atom is 0.474 e. The molecule has 7 nitrogen and oxygen atoms in total. The molecule has 0 fully saturated rings. The highest BCUT2D eigenvalue weighted by atomic mass is 31.2. The van der Waals surface area contributed by atoms with E-state index >= 15 is 0 Å². The van der Waals surface area contributed by atoms with Crippen LogP contribution in [0.25, 0.3) is 0 Å². The molecule has 224 valence electrons. The fourth-order valence-corrected chi connectivity index (χ4v) is 4.64. The van der Waals surface area contributed by atoms with Gasteiger partial charge in [0.2, 0.25) is 0 Å². The quantitative estimate of drug-likeness (QED) is 0.0495. The lowest BCUT2D eigenvalue weighted by Gasteiger charge is -2.18. The molecule has 38 heavy (non-hydrogen) atoms. The average Bonchev–Trinajstić information content (AvgIpc) is 2.85. The van der Waals surface area contributed by atoms with Crippen molar-refractivity contribution in [2.45, 2.75) is 97.8 Å². The minimum atomic E-state index is -3.55. The molecule has 0 bridgehead atoms. The molecule has 8 heteroatoms. The van der Waals surface area contributed by atoms with Crippen molar-refractivity contribution < 1.29 is 32.3 Å². The van der Waals surface area contributed by atoms with Gasteiger partial charge in [0.15, 0.2) is 0 Å². The van der Waals surface area contributed by atoms with Crippen LogP contribution >= 0.6 is 7.82 Å².